The highest BCUT2D eigenvalue weighted by atomic mass is 79.9. The average Bonchev–Trinajstić information content (AvgIpc) is 2.46. The molecule has 0 bridgehead atoms. The van der Waals surface area contributed by atoms with Gasteiger partial charge in [-0.2, -0.15) is 0 Å². The molecule has 0 aromatic carbocycles. The van der Waals surface area contributed by atoms with Crippen molar-refractivity contribution in [3.8, 4) is 0 Å². The van der Waals surface area contributed by atoms with Crippen molar-refractivity contribution in [3.63, 3.8) is 0 Å². The third-order valence-corrected chi connectivity index (χ3v) is 5.07. The molecule has 1 rings (SSSR count). The van der Waals surface area contributed by atoms with Crippen LogP contribution in [0.4, 0.5) is 0 Å². The summed E-state index contributed by atoms with van der Waals surface area (Å²) in [5, 5.41) is 0. The number of aryl methyl sites for hydroxylation is 1. The van der Waals surface area contributed by atoms with Gasteiger partial charge in [0.15, 0.2) is 0 Å². The Morgan fingerprint density at radius 1 is 1.60 bits per heavy atom. The van der Waals surface area contributed by atoms with Gasteiger partial charge in [0.25, 0.3) is 0 Å². The average molecular weight is 313 g/mol. The molecule has 86 valence electrons. The Hall–Kier alpha value is 0.0500. The van der Waals surface area contributed by atoms with Crippen LogP contribution in [0.2, 0.25) is 0 Å². The van der Waals surface area contributed by atoms with Crippen molar-refractivity contribution in [2.24, 2.45) is 5.73 Å². The molecule has 1 aromatic heterocycles. The van der Waals surface area contributed by atoms with Gasteiger partial charge in [0.05, 0.1) is 8.68 Å². The van der Waals surface area contributed by atoms with Crippen LogP contribution in [0.5, 0.6) is 0 Å². The zero-order valence-electron chi connectivity index (χ0n) is 8.29. The van der Waals surface area contributed by atoms with Crippen LogP contribution < -0.4 is 10.5 Å². The number of thiophene rings is 1. The first-order chi connectivity index (χ1) is 6.97. The largest absolute Gasteiger partial charge is 0.330 e. The molecule has 0 spiro atoms. The Morgan fingerprint density at radius 3 is 2.73 bits per heavy atom. The van der Waals surface area contributed by atoms with Crippen molar-refractivity contribution in [1.29, 1.82) is 0 Å². The highest BCUT2D eigenvalue weighted by Crippen LogP contribution is 2.29. The lowest BCUT2D eigenvalue weighted by molar-refractivity contribution is 0.579. The summed E-state index contributed by atoms with van der Waals surface area (Å²) in [6, 6.07) is 1.62. The predicted octanol–water partition coefficient (Wildman–Crippen LogP) is 1.45. The number of sulfonamides is 1. The van der Waals surface area contributed by atoms with Gasteiger partial charge in [-0.3, -0.25) is 0 Å². The maximum absolute atomic E-state index is 11.8. The van der Waals surface area contributed by atoms with Crippen LogP contribution in [0.15, 0.2) is 14.7 Å². The molecule has 0 saturated carbocycles. The minimum atomic E-state index is -3.37. The summed E-state index contributed by atoms with van der Waals surface area (Å²) in [5.74, 6) is 0. The Bertz CT molecular complexity index is 428. The van der Waals surface area contributed by atoms with Crippen LogP contribution in [0.25, 0.3) is 0 Å². The van der Waals surface area contributed by atoms with E-state index in [9.17, 15) is 8.42 Å². The SMILES string of the molecule is Cc1sc(Br)cc1S(=O)(=O)NCCCN. The van der Waals surface area contributed by atoms with Gasteiger partial charge in [-0.05, 0) is 41.9 Å². The van der Waals surface area contributed by atoms with Gasteiger partial charge < -0.3 is 5.73 Å². The molecule has 0 aliphatic carbocycles. The first-order valence-electron chi connectivity index (χ1n) is 4.43. The number of rotatable bonds is 5. The quantitative estimate of drug-likeness (QED) is 0.808. The van der Waals surface area contributed by atoms with E-state index in [1.54, 1.807) is 13.0 Å². The van der Waals surface area contributed by atoms with Gasteiger partial charge in [-0.15, -0.1) is 11.3 Å². The molecule has 0 atom stereocenters. The molecular weight excluding hydrogens is 300 g/mol. The van der Waals surface area contributed by atoms with E-state index in [1.165, 1.54) is 11.3 Å². The standard InChI is InChI=1S/C8H13BrN2O2S2/c1-6-7(5-8(9)14-6)15(12,13)11-4-2-3-10/h5,11H,2-4,10H2,1H3. The number of nitrogens with one attached hydrogen (secondary N) is 1. The molecule has 0 unspecified atom stereocenters. The monoisotopic (exact) mass is 312 g/mol. The summed E-state index contributed by atoms with van der Waals surface area (Å²) in [5.41, 5.74) is 5.29. The summed E-state index contributed by atoms with van der Waals surface area (Å²) in [4.78, 5) is 1.12. The lowest BCUT2D eigenvalue weighted by Crippen LogP contribution is -2.26. The molecule has 0 amide bonds. The van der Waals surface area contributed by atoms with Crippen LogP contribution in [0, 0.1) is 6.92 Å². The fraction of sp³-hybridized carbons (Fsp3) is 0.500. The Balaban J connectivity index is 2.82. The van der Waals surface area contributed by atoms with E-state index in [4.69, 9.17) is 5.73 Å². The first-order valence-corrected chi connectivity index (χ1v) is 7.52. The van der Waals surface area contributed by atoms with Gasteiger partial charge in [0, 0.05) is 11.4 Å². The summed E-state index contributed by atoms with van der Waals surface area (Å²) in [7, 11) is -3.37. The van der Waals surface area contributed by atoms with Crippen molar-refractivity contribution >= 4 is 37.3 Å². The summed E-state index contributed by atoms with van der Waals surface area (Å²) < 4.78 is 26.9. The second-order valence-corrected chi connectivity index (χ2v) is 7.38. The Labute approximate surface area is 102 Å². The highest BCUT2D eigenvalue weighted by molar-refractivity contribution is 9.11. The first kappa shape index (κ1) is 13.1. The van der Waals surface area contributed by atoms with E-state index in [-0.39, 0.29) is 0 Å². The number of nitrogens with two attached hydrogens (primary N) is 1. The van der Waals surface area contributed by atoms with Gasteiger partial charge in [-0.1, -0.05) is 0 Å². The second-order valence-electron chi connectivity index (χ2n) is 3.01. The van der Waals surface area contributed by atoms with Gasteiger partial charge in [0.1, 0.15) is 0 Å². The van der Waals surface area contributed by atoms with Gasteiger partial charge in [-0.25, -0.2) is 13.1 Å². The second kappa shape index (κ2) is 5.40. The molecular formula is C8H13BrN2O2S2. The molecule has 7 heteroatoms. The zero-order chi connectivity index (χ0) is 11.5. The van der Waals surface area contributed by atoms with Gasteiger partial charge in [0.2, 0.25) is 10.0 Å². The summed E-state index contributed by atoms with van der Waals surface area (Å²) in [6.07, 6.45) is 0.642. The summed E-state index contributed by atoms with van der Waals surface area (Å²) >= 11 is 4.67. The fourth-order valence-corrected chi connectivity index (χ4v) is 4.57. The van der Waals surface area contributed by atoms with Gasteiger partial charge >= 0.3 is 0 Å². The van der Waals surface area contributed by atoms with Crippen molar-refractivity contribution in [2.75, 3.05) is 13.1 Å². The fourth-order valence-electron chi connectivity index (χ4n) is 1.08. The predicted molar refractivity (Wildman–Crippen MR) is 65.6 cm³/mol. The molecule has 0 aliphatic heterocycles. The Kier molecular flexibility index (Phi) is 4.72. The van der Waals surface area contributed by atoms with E-state index < -0.39 is 10.0 Å². The van der Waals surface area contributed by atoms with Crippen molar-refractivity contribution in [3.05, 3.63) is 14.7 Å². The topological polar surface area (TPSA) is 72.2 Å². The normalized spacial score (nSPS) is 11.9. The van der Waals surface area contributed by atoms with Crippen LogP contribution in [-0.2, 0) is 10.0 Å². The smallest absolute Gasteiger partial charge is 0.241 e. The van der Waals surface area contributed by atoms with Crippen LogP contribution in [0.1, 0.15) is 11.3 Å². The maximum atomic E-state index is 11.8. The molecule has 4 nitrogen and oxygen atoms in total. The van der Waals surface area contributed by atoms with Crippen LogP contribution in [0.3, 0.4) is 0 Å². The minimum Gasteiger partial charge on any atom is -0.330 e. The molecule has 0 radical (unpaired) electrons. The van der Waals surface area contributed by atoms with Crippen LogP contribution in [-0.4, -0.2) is 21.5 Å². The maximum Gasteiger partial charge on any atom is 0.241 e. The summed E-state index contributed by atoms with van der Waals surface area (Å²) in [6.45, 7) is 2.65. The van der Waals surface area contributed by atoms with E-state index in [0.29, 0.717) is 24.4 Å². The van der Waals surface area contributed by atoms with Crippen molar-refractivity contribution in [1.82, 2.24) is 4.72 Å². The lowest BCUT2D eigenvalue weighted by atomic mass is 10.4. The van der Waals surface area contributed by atoms with Crippen molar-refractivity contribution < 1.29 is 8.42 Å². The molecule has 0 fully saturated rings. The number of hydrogen-bond donors (Lipinski definition) is 2. The molecule has 0 aliphatic rings. The van der Waals surface area contributed by atoms with E-state index >= 15 is 0 Å². The number of hydrogen-bond acceptors (Lipinski definition) is 4. The molecule has 0 saturated heterocycles. The van der Waals surface area contributed by atoms with E-state index in [0.717, 1.165) is 8.66 Å². The Morgan fingerprint density at radius 2 is 2.27 bits per heavy atom. The minimum absolute atomic E-state index is 0.344. The molecule has 3 N–H and O–H groups in total. The zero-order valence-corrected chi connectivity index (χ0v) is 11.5. The third kappa shape index (κ3) is 3.53. The third-order valence-electron chi connectivity index (χ3n) is 1.80. The van der Waals surface area contributed by atoms with Crippen molar-refractivity contribution in [2.45, 2.75) is 18.2 Å². The highest BCUT2D eigenvalue weighted by Gasteiger charge is 2.18. The van der Waals surface area contributed by atoms with E-state index in [2.05, 4.69) is 20.7 Å². The van der Waals surface area contributed by atoms with E-state index in [1.807, 2.05) is 0 Å². The molecule has 1 aromatic rings. The lowest BCUT2D eigenvalue weighted by Gasteiger charge is -2.04. The van der Waals surface area contributed by atoms with Crippen LogP contribution >= 0.6 is 27.3 Å². The molecule has 15 heavy (non-hydrogen) atoms. The molecule has 1 heterocycles. The number of halogens is 1.